The number of nitrogens with one attached hydrogen (secondary N) is 1. The highest BCUT2D eigenvalue weighted by Crippen LogP contribution is 2.22. The second kappa shape index (κ2) is 4.58. The lowest BCUT2D eigenvalue weighted by atomic mass is 10.3. The molecule has 0 saturated carbocycles. The summed E-state index contributed by atoms with van der Waals surface area (Å²) in [6.45, 7) is 2.13. The number of benzene rings is 1. The van der Waals surface area contributed by atoms with Crippen molar-refractivity contribution in [3.63, 3.8) is 0 Å². The number of anilines is 1. The van der Waals surface area contributed by atoms with Crippen LogP contribution in [0.1, 0.15) is 6.92 Å². The smallest absolute Gasteiger partial charge is 0.124 e. The van der Waals surface area contributed by atoms with E-state index in [2.05, 4.69) is 21.2 Å². The minimum Gasteiger partial charge on any atom is -0.392 e. The van der Waals surface area contributed by atoms with Crippen molar-refractivity contribution in [1.82, 2.24) is 0 Å². The van der Waals surface area contributed by atoms with Crippen LogP contribution < -0.4 is 5.32 Å². The van der Waals surface area contributed by atoms with E-state index in [1.807, 2.05) is 0 Å². The highest BCUT2D eigenvalue weighted by molar-refractivity contribution is 9.10. The van der Waals surface area contributed by atoms with Gasteiger partial charge in [-0.2, -0.15) is 0 Å². The SMILES string of the molecule is CC(O)CNc1ccc(F)cc1Br. The minimum atomic E-state index is -0.419. The molecule has 1 aromatic carbocycles. The van der Waals surface area contributed by atoms with E-state index in [1.165, 1.54) is 12.1 Å². The quantitative estimate of drug-likeness (QED) is 0.860. The first-order valence-electron chi connectivity index (χ1n) is 3.96. The molecule has 2 N–H and O–H groups in total. The first kappa shape index (κ1) is 10.5. The average molecular weight is 248 g/mol. The number of rotatable bonds is 3. The van der Waals surface area contributed by atoms with Crippen LogP contribution in [0.2, 0.25) is 0 Å². The van der Waals surface area contributed by atoms with Gasteiger partial charge in [0, 0.05) is 16.7 Å². The highest BCUT2D eigenvalue weighted by Gasteiger charge is 2.01. The molecule has 72 valence electrons. The summed E-state index contributed by atoms with van der Waals surface area (Å²) in [6.07, 6.45) is -0.419. The van der Waals surface area contributed by atoms with Gasteiger partial charge < -0.3 is 10.4 Å². The molecule has 4 heteroatoms. The van der Waals surface area contributed by atoms with Gasteiger partial charge in [-0.05, 0) is 41.1 Å². The Morgan fingerprint density at radius 2 is 2.31 bits per heavy atom. The van der Waals surface area contributed by atoms with Crippen molar-refractivity contribution in [3.8, 4) is 0 Å². The molecule has 0 heterocycles. The summed E-state index contributed by atoms with van der Waals surface area (Å²) in [5, 5.41) is 12.0. The second-order valence-corrected chi connectivity index (χ2v) is 3.71. The van der Waals surface area contributed by atoms with Gasteiger partial charge in [-0.1, -0.05) is 0 Å². The fraction of sp³-hybridized carbons (Fsp3) is 0.333. The predicted molar refractivity (Wildman–Crippen MR) is 54.3 cm³/mol. The summed E-state index contributed by atoms with van der Waals surface area (Å²) in [4.78, 5) is 0. The van der Waals surface area contributed by atoms with Crippen molar-refractivity contribution in [2.24, 2.45) is 0 Å². The van der Waals surface area contributed by atoms with E-state index < -0.39 is 6.10 Å². The Bertz CT molecular complexity index is 291. The monoisotopic (exact) mass is 247 g/mol. The maximum Gasteiger partial charge on any atom is 0.124 e. The van der Waals surface area contributed by atoms with Crippen LogP contribution in [0.15, 0.2) is 22.7 Å². The van der Waals surface area contributed by atoms with E-state index in [0.717, 1.165) is 5.69 Å². The summed E-state index contributed by atoms with van der Waals surface area (Å²) in [6, 6.07) is 4.38. The molecule has 0 aliphatic heterocycles. The molecular weight excluding hydrogens is 237 g/mol. The number of aliphatic hydroxyl groups is 1. The van der Waals surface area contributed by atoms with Gasteiger partial charge in [0.2, 0.25) is 0 Å². The van der Waals surface area contributed by atoms with Crippen molar-refractivity contribution < 1.29 is 9.50 Å². The average Bonchev–Trinajstić information content (AvgIpc) is 2.02. The molecule has 1 atom stereocenters. The van der Waals surface area contributed by atoms with Crippen molar-refractivity contribution in [3.05, 3.63) is 28.5 Å². The first-order chi connectivity index (χ1) is 6.09. The lowest BCUT2D eigenvalue weighted by Crippen LogP contribution is -2.15. The molecule has 0 aliphatic carbocycles. The molecule has 1 rings (SSSR count). The van der Waals surface area contributed by atoms with Crippen LogP contribution >= 0.6 is 15.9 Å². The highest BCUT2D eigenvalue weighted by atomic mass is 79.9. The largest absolute Gasteiger partial charge is 0.392 e. The number of aliphatic hydroxyl groups excluding tert-OH is 1. The third kappa shape index (κ3) is 3.32. The Labute approximate surface area is 84.9 Å². The zero-order chi connectivity index (χ0) is 9.84. The molecule has 0 aromatic heterocycles. The van der Waals surface area contributed by atoms with Crippen LogP contribution in [0.25, 0.3) is 0 Å². The normalized spacial score (nSPS) is 12.6. The van der Waals surface area contributed by atoms with Crippen molar-refractivity contribution >= 4 is 21.6 Å². The van der Waals surface area contributed by atoms with Crippen molar-refractivity contribution in [2.75, 3.05) is 11.9 Å². The van der Waals surface area contributed by atoms with Gasteiger partial charge in [0.05, 0.1) is 6.10 Å². The van der Waals surface area contributed by atoms with Gasteiger partial charge in [0.1, 0.15) is 5.82 Å². The van der Waals surface area contributed by atoms with E-state index in [1.54, 1.807) is 13.0 Å². The summed E-state index contributed by atoms with van der Waals surface area (Å²) >= 11 is 3.21. The molecular formula is C9H11BrFNO. The second-order valence-electron chi connectivity index (χ2n) is 2.85. The van der Waals surface area contributed by atoms with Gasteiger partial charge in [0.25, 0.3) is 0 Å². The number of halogens is 2. The molecule has 0 amide bonds. The number of hydrogen-bond acceptors (Lipinski definition) is 2. The molecule has 0 radical (unpaired) electrons. The fourth-order valence-corrected chi connectivity index (χ4v) is 1.38. The van der Waals surface area contributed by atoms with E-state index in [4.69, 9.17) is 5.11 Å². The topological polar surface area (TPSA) is 32.3 Å². The maximum absolute atomic E-state index is 12.6. The van der Waals surface area contributed by atoms with E-state index in [0.29, 0.717) is 11.0 Å². The van der Waals surface area contributed by atoms with Crippen LogP contribution in [0.4, 0.5) is 10.1 Å². The maximum atomic E-state index is 12.6. The molecule has 0 fully saturated rings. The molecule has 0 aliphatic rings. The first-order valence-corrected chi connectivity index (χ1v) is 4.76. The molecule has 0 saturated heterocycles. The summed E-state index contributed by atoms with van der Waals surface area (Å²) < 4.78 is 13.3. The zero-order valence-electron chi connectivity index (χ0n) is 7.22. The van der Waals surface area contributed by atoms with Crippen LogP contribution in [0.5, 0.6) is 0 Å². The lowest BCUT2D eigenvalue weighted by Gasteiger charge is -2.09. The summed E-state index contributed by atoms with van der Waals surface area (Å²) in [7, 11) is 0. The Balaban J connectivity index is 2.67. The van der Waals surface area contributed by atoms with Crippen LogP contribution in [0, 0.1) is 5.82 Å². The fourth-order valence-electron chi connectivity index (χ4n) is 0.891. The Morgan fingerprint density at radius 1 is 1.62 bits per heavy atom. The third-order valence-corrected chi connectivity index (χ3v) is 2.18. The Kier molecular flexibility index (Phi) is 3.69. The van der Waals surface area contributed by atoms with E-state index in [-0.39, 0.29) is 5.82 Å². The van der Waals surface area contributed by atoms with Crippen molar-refractivity contribution in [1.29, 1.82) is 0 Å². The molecule has 1 aromatic rings. The summed E-state index contributed by atoms with van der Waals surface area (Å²) in [5.74, 6) is -0.283. The van der Waals surface area contributed by atoms with Gasteiger partial charge in [-0.3, -0.25) is 0 Å². The number of hydrogen-bond donors (Lipinski definition) is 2. The summed E-state index contributed by atoms with van der Waals surface area (Å²) in [5.41, 5.74) is 0.780. The molecule has 13 heavy (non-hydrogen) atoms. The van der Waals surface area contributed by atoms with Crippen LogP contribution in [0.3, 0.4) is 0 Å². The van der Waals surface area contributed by atoms with Crippen LogP contribution in [-0.2, 0) is 0 Å². The third-order valence-electron chi connectivity index (χ3n) is 1.52. The molecule has 0 bridgehead atoms. The minimum absolute atomic E-state index is 0.283. The van der Waals surface area contributed by atoms with Gasteiger partial charge >= 0.3 is 0 Å². The van der Waals surface area contributed by atoms with Gasteiger partial charge in [-0.25, -0.2) is 4.39 Å². The molecule has 1 unspecified atom stereocenters. The Morgan fingerprint density at radius 3 is 2.85 bits per heavy atom. The lowest BCUT2D eigenvalue weighted by molar-refractivity contribution is 0.208. The molecule has 2 nitrogen and oxygen atoms in total. The van der Waals surface area contributed by atoms with E-state index in [9.17, 15) is 4.39 Å². The predicted octanol–water partition coefficient (Wildman–Crippen LogP) is 2.38. The van der Waals surface area contributed by atoms with Crippen molar-refractivity contribution in [2.45, 2.75) is 13.0 Å². The zero-order valence-corrected chi connectivity index (χ0v) is 8.81. The van der Waals surface area contributed by atoms with E-state index >= 15 is 0 Å². The standard InChI is InChI=1S/C9H11BrFNO/c1-6(13)5-12-9-3-2-7(11)4-8(9)10/h2-4,6,12-13H,5H2,1H3. The van der Waals surface area contributed by atoms with Crippen LogP contribution in [-0.4, -0.2) is 17.8 Å². The van der Waals surface area contributed by atoms with Gasteiger partial charge in [-0.15, -0.1) is 0 Å². The Hall–Kier alpha value is -0.610. The molecule has 0 spiro atoms. The van der Waals surface area contributed by atoms with Gasteiger partial charge in [0.15, 0.2) is 0 Å².